The third-order valence-corrected chi connectivity index (χ3v) is 3.48. The maximum absolute atomic E-state index is 6.12. The summed E-state index contributed by atoms with van der Waals surface area (Å²) in [5.74, 6) is 1.21. The summed E-state index contributed by atoms with van der Waals surface area (Å²) in [5.41, 5.74) is 1.12. The maximum atomic E-state index is 6.12. The fourth-order valence-corrected chi connectivity index (χ4v) is 2.80. The molecule has 1 saturated heterocycles. The Morgan fingerprint density at radius 1 is 1.38 bits per heavy atom. The second-order valence-electron chi connectivity index (χ2n) is 4.05. The van der Waals surface area contributed by atoms with E-state index in [-0.39, 0.29) is 0 Å². The van der Waals surface area contributed by atoms with E-state index in [4.69, 9.17) is 27.9 Å². The number of hydrogen-bond acceptors (Lipinski definition) is 2. The lowest BCUT2D eigenvalue weighted by atomic mass is 9.91. The average Bonchev–Trinajstić information content (AvgIpc) is 2.29. The van der Waals surface area contributed by atoms with Crippen molar-refractivity contribution in [1.29, 1.82) is 0 Å². The van der Waals surface area contributed by atoms with Gasteiger partial charge >= 0.3 is 0 Å². The number of rotatable bonds is 2. The van der Waals surface area contributed by atoms with Crippen LogP contribution >= 0.6 is 23.2 Å². The van der Waals surface area contributed by atoms with Crippen molar-refractivity contribution in [3.05, 3.63) is 27.7 Å². The highest BCUT2D eigenvalue weighted by Crippen LogP contribution is 2.38. The van der Waals surface area contributed by atoms with E-state index in [2.05, 4.69) is 5.32 Å². The number of halogens is 2. The van der Waals surface area contributed by atoms with Crippen LogP contribution in [-0.4, -0.2) is 20.2 Å². The van der Waals surface area contributed by atoms with E-state index in [0.29, 0.717) is 16.0 Å². The molecule has 0 aliphatic carbocycles. The largest absolute Gasteiger partial charge is 0.495 e. The summed E-state index contributed by atoms with van der Waals surface area (Å²) in [5, 5.41) is 4.65. The second kappa shape index (κ2) is 5.26. The zero-order valence-electron chi connectivity index (χ0n) is 9.22. The van der Waals surface area contributed by atoms with Crippen LogP contribution in [-0.2, 0) is 0 Å². The van der Waals surface area contributed by atoms with Gasteiger partial charge in [0.15, 0.2) is 0 Å². The van der Waals surface area contributed by atoms with Crippen LogP contribution in [0.3, 0.4) is 0 Å². The van der Waals surface area contributed by atoms with Gasteiger partial charge in [0.25, 0.3) is 0 Å². The van der Waals surface area contributed by atoms with Crippen LogP contribution in [0.1, 0.15) is 24.3 Å². The molecule has 0 bridgehead atoms. The zero-order chi connectivity index (χ0) is 11.5. The van der Waals surface area contributed by atoms with E-state index in [1.165, 1.54) is 6.42 Å². The van der Waals surface area contributed by atoms with Gasteiger partial charge in [0.05, 0.1) is 12.1 Å². The molecule has 0 amide bonds. The van der Waals surface area contributed by atoms with Crippen molar-refractivity contribution in [3.63, 3.8) is 0 Å². The summed E-state index contributed by atoms with van der Waals surface area (Å²) in [4.78, 5) is 0. The number of piperidine rings is 1. The molecule has 1 aromatic carbocycles. The van der Waals surface area contributed by atoms with Gasteiger partial charge in [-0.3, -0.25) is 0 Å². The normalized spacial score (nSPS) is 20.8. The number of ether oxygens (including phenoxy) is 1. The molecule has 2 nitrogen and oxygen atoms in total. The molecular weight excluding hydrogens is 245 g/mol. The molecule has 1 N–H and O–H groups in total. The van der Waals surface area contributed by atoms with Crippen LogP contribution < -0.4 is 10.1 Å². The lowest BCUT2D eigenvalue weighted by Crippen LogP contribution is -2.28. The molecule has 16 heavy (non-hydrogen) atoms. The first-order chi connectivity index (χ1) is 7.72. The quantitative estimate of drug-likeness (QED) is 0.879. The molecule has 2 rings (SSSR count). The van der Waals surface area contributed by atoms with Gasteiger partial charge in [-0.05, 0) is 31.5 Å². The predicted molar refractivity (Wildman–Crippen MR) is 67.9 cm³/mol. The number of nitrogens with one attached hydrogen (secondary N) is 1. The van der Waals surface area contributed by atoms with Gasteiger partial charge in [-0.1, -0.05) is 23.2 Å². The SMILES string of the molecule is COc1c(Cl)cc(Cl)cc1C1CCCNC1. The average molecular weight is 260 g/mol. The van der Waals surface area contributed by atoms with Crippen LogP contribution in [0.4, 0.5) is 0 Å². The Morgan fingerprint density at radius 3 is 2.81 bits per heavy atom. The van der Waals surface area contributed by atoms with Crippen LogP contribution in [0.5, 0.6) is 5.75 Å². The molecule has 1 heterocycles. The smallest absolute Gasteiger partial charge is 0.141 e. The topological polar surface area (TPSA) is 21.3 Å². The molecule has 1 aromatic rings. The predicted octanol–water partition coefficient (Wildman–Crippen LogP) is 3.47. The third kappa shape index (κ3) is 2.45. The van der Waals surface area contributed by atoms with Gasteiger partial charge in [-0.15, -0.1) is 0 Å². The molecule has 0 aromatic heterocycles. The van der Waals surface area contributed by atoms with Crippen molar-refractivity contribution in [2.45, 2.75) is 18.8 Å². The van der Waals surface area contributed by atoms with Crippen LogP contribution in [0.25, 0.3) is 0 Å². The summed E-state index contributed by atoms with van der Waals surface area (Å²) >= 11 is 12.2. The van der Waals surface area contributed by atoms with Crippen molar-refractivity contribution in [3.8, 4) is 5.75 Å². The first kappa shape index (κ1) is 12.0. The summed E-state index contributed by atoms with van der Waals surface area (Å²) < 4.78 is 5.37. The third-order valence-electron chi connectivity index (χ3n) is 2.98. The molecule has 0 spiro atoms. The number of benzene rings is 1. The van der Waals surface area contributed by atoms with E-state index in [9.17, 15) is 0 Å². The van der Waals surface area contributed by atoms with Crippen molar-refractivity contribution >= 4 is 23.2 Å². The molecule has 1 aliphatic rings. The summed E-state index contributed by atoms with van der Waals surface area (Å²) in [7, 11) is 1.65. The Kier molecular flexibility index (Phi) is 3.95. The minimum Gasteiger partial charge on any atom is -0.495 e. The Bertz CT molecular complexity index is 376. The fraction of sp³-hybridized carbons (Fsp3) is 0.500. The lowest BCUT2D eigenvalue weighted by molar-refractivity contribution is 0.392. The minimum atomic E-state index is 0.444. The van der Waals surface area contributed by atoms with E-state index >= 15 is 0 Å². The van der Waals surface area contributed by atoms with Crippen LogP contribution in [0, 0.1) is 0 Å². The van der Waals surface area contributed by atoms with Gasteiger partial charge in [-0.25, -0.2) is 0 Å². The molecule has 1 aliphatic heterocycles. The Hall–Kier alpha value is -0.440. The lowest BCUT2D eigenvalue weighted by Gasteiger charge is -2.25. The van der Waals surface area contributed by atoms with E-state index < -0.39 is 0 Å². The van der Waals surface area contributed by atoms with Crippen LogP contribution in [0.2, 0.25) is 10.0 Å². The second-order valence-corrected chi connectivity index (χ2v) is 4.90. The maximum Gasteiger partial charge on any atom is 0.141 e. The summed E-state index contributed by atoms with van der Waals surface area (Å²) in [6.07, 6.45) is 2.33. The zero-order valence-corrected chi connectivity index (χ0v) is 10.7. The summed E-state index contributed by atoms with van der Waals surface area (Å²) in [6.45, 7) is 2.06. The van der Waals surface area contributed by atoms with Gasteiger partial charge in [0.2, 0.25) is 0 Å². The van der Waals surface area contributed by atoms with Crippen molar-refractivity contribution < 1.29 is 4.74 Å². The minimum absolute atomic E-state index is 0.444. The van der Waals surface area contributed by atoms with Crippen LogP contribution in [0.15, 0.2) is 12.1 Å². The Balaban J connectivity index is 2.36. The highest BCUT2D eigenvalue weighted by molar-refractivity contribution is 6.35. The van der Waals surface area contributed by atoms with Gasteiger partial charge < -0.3 is 10.1 Å². The first-order valence-electron chi connectivity index (χ1n) is 5.46. The molecule has 1 unspecified atom stereocenters. The molecule has 88 valence electrons. The van der Waals surface area contributed by atoms with Gasteiger partial charge in [0.1, 0.15) is 5.75 Å². The van der Waals surface area contributed by atoms with E-state index in [1.807, 2.05) is 6.07 Å². The van der Waals surface area contributed by atoms with Crippen molar-refractivity contribution in [1.82, 2.24) is 5.32 Å². The van der Waals surface area contributed by atoms with E-state index in [0.717, 1.165) is 30.8 Å². The fourth-order valence-electron chi connectivity index (χ4n) is 2.22. The monoisotopic (exact) mass is 259 g/mol. The molecule has 0 radical (unpaired) electrons. The molecule has 1 fully saturated rings. The molecular formula is C12H15Cl2NO. The standard InChI is InChI=1S/C12H15Cl2NO/c1-16-12-10(5-9(13)6-11(12)14)8-3-2-4-15-7-8/h5-6,8,15H,2-4,7H2,1H3. The Morgan fingerprint density at radius 2 is 2.19 bits per heavy atom. The van der Waals surface area contributed by atoms with Gasteiger partial charge in [0, 0.05) is 23.0 Å². The summed E-state index contributed by atoms with van der Waals surface area (Å²) in [6, 6.07) is 3.69. The van der Waals surface area contributed by atoms with E-state index in [1.54, 1.807) is 13.2 Å². The Labute approximate surface area is 106 Å². The van der Waals surface area contributed by atoms with Crippen molar-refractivity contribution in [2.75, 3.05) is 20.2 Å². The van der Waals surface area contributed by atoms with Crippen molar-refractivity contribution in [2.24, 2.45) is 0 Å². The highest BCUT2D eigenvalue weighted by Gasteiger charge is 2.21. The highest BCUT2D eigenvalue weighted by atomic mass is 35.5. The number of hydrogen-bond donors (Lipinski definition) is 1. The number of methoxy groups -OCH3 is 1. The van der Waals surface area contributed by atoms with Gasteiger partial charge in [-0.2, -0.15) is 0 Å². The molecule has 1 atom stereocenters. The molecule has 4 heteroatoms. The first-order valence-corrected chi connectivity index (χ1v) is 6.21. The molecule has 0 saturated carbocycles.